The first-order valence-corrected chi connectivity index (χ1v) is 8.79. The molecule has 2 heterocycles. The van der Waals surface area contributed by atoms with Gasteiger partial charge in [0.2, 0.25) is 5.78 Å². The number of aromatic nitrogens is 1. The molecule has 2 aromatic rings. The first kappa shape index (κ1) is 17.0. The molecule has 1 aliphatic heterocycles. The number of aryl methyl sites for hydroxylation is 1. The Labute approximate surface area is 142 Å². The summed E-state index contributed by atoms with van der Waals surface area (Å²) >= 11 is 0. The van der Waals surface area contributed by atoms with Crippen molar-refractivity contribution in [2.45, 2.75) is 38.6 Å². The van der Waals surface area contributed by atoms with Crippen LogP contribution in [-0.2, 0) is 0 Å². The molecule has 0 bridgehead atoms. The number of rotatable bonds is 6. The van der Waals surface area contributed by atoms with Gasteiger partial charge in [0.15, 0.2) is 0 Å². The number of Topliss-reactive ketones (excluding diaryl/α,β-unsaturated/α-hetero) is 1. The van der Waals surface area contributed by atoms with Crippen LogP contribution in [0.1, 0.15) is 41.7 Å². The molecule has 1 aromatic carbocycles. The maximum atomic E-state index is 13.0. The molecule has 5 heteroatoms. The molecule has 0 aliphatic carbocycles. The molecule has 1 unspecified atom stereocenters. The first-order chi connectivity index (χ1) is 11.6. The number of aliphatic hydroxyl groups is 1. The van der Waals surface area contributed by atoms with Gasteiger partial charge in [0.25, 0.3) is 0 Å². The highest BCUT2D eigenvalue weighted by atomic mass is 16.5. The minimum atomic E-state index is 0.173. The number of H-pyrrole nitrogens is 1. The van der Waals surface area contributed by atoms with Gasteiger partial charge < -0.3 is 19.7 Å². The van der Waals surface area contributed by atoms with E-state index >= 15 is 0 Å². The summed E-state index contributed by atoms with van der Waals surface area (Å²) in [5, 5.41) is 10.2. The maximum absolute atomic E-state index is 13.0. The van der Waals surface area contributed by atoms with Gasteiger partial charge in [-0.1, -0.05) is 0 Å². The maximum Gasteiger partial charge on any atom is 0.219 e. The topological polar surface area (TPSA) is 66.8 Å². The van der Waals surface area contributed by atoms with Gasteiger partial charge in [0, 0.05) is 29.6 Å². The highest BCUT2D eigenvalue weighted by Crippen LogP contribution is 2.26. The number of quaternary nitrogens is 1. The summed E-state index contributed by atoms with van der Waals surface area (Å²) in [6.07, 6.45) is 4.24. The van der Waals surface area contributed by atoms with E-state index in [4.69, 9.17) is 4.74 Å². The van der Waals surface area contributed by atoms with E-state index in [1.165, 1.54) is 11.3 Å². The van der Waals surface area contributed by atoms with Crippen molar-refractivity contribution in [3.63, 3.8) is 0 Å². The minimum absolute atomic E-state index is 0.173. The molecule has 1 fully saturated rings. The van der Waals surface area contributed by atoms with Crippen molar-refractivity contribution in [3.05, 3.63) is 29.5 Å². The summed E-state index contributed by atoms with van der Waals surface area (Å²) in [7, 11) is 1.64. The van der Waals surface area contributed by atoms with Crippen molar-refractivity contribution in [2.24, 2.45) is 0 Å². The Morgan fingerprint density at radius 1 is 1.42 bits per heavy atom. The number of hydrogen-bond donors (Lipinski definition) is 3. The lowest BCUT2D eigenvalue weighted by Gasteiger charge is -2.31. The van der Waals surface area contributed by atoms with E-state index in [9.17, 15) is 9.90 Å². The fourth-order valence-corrected chi connectivity index (χ4v) is 3.97. The monoisotopic (exact) mass is 331 g/mol. The average molecular weight is 331 g/mol. The largest absolute Gasteiger partial charge is 0.497 e. The summed E-state index contributed by atoms with van der Waals surface area (Å²) in [5.41, 5.74) is 2.67. The number of ether oxygens (including phenoxy) is 1. The second kappa shape index (κ2) is 7.36. The van der Waals surface area contributed by atoms with Gasteiger partial charge in [-0.2, -0.15) is 0 Å². The van der Waals surface area contributed by atoms with Crippen LogP contribution in [-0.4, -0.2) is 48.7 Å². The van der Waals surface area contributed by atoms with Crippen LogP contribution in [0.25, 0.3) is 10.9 Å². The fraction of sp³-hybridized carbons (Fsp3) is 0.526. The molecule has 0 saturated carbocycles. The third-order valence-corrected chi connectivity index (χ3v) is 5.22. The van der Waals surface area contributed by atoms with Crippen LogP contribution in [0.5, 0.6) is 5.75 Å². The number of fused-ring (bicyclic) bond motifs is 1. The zero-order chi connectivity index (χ0) is 17.1. The Bertz CT molecular complexity index is 721. The number of carbonyl (C=O) groups excluding carboxylic acids is 1. The van der Waals surface area contributed by atoms with Crippen LogP contribution in [0, 0.1) is 6.92 Å². The van der Waals surface area contributed by atoms with E-state index in [0.717, 1.165) is 53.7 Å². The van der Waals surface area contributed by atoms with E-state index in [-0.39, 0.29) is 12.4 Å². The summed E-state index contributed by atoms with van der Waals surface area (Å²) in [5.74, 6) is 0.936. The predicted molar refractivity (Wildman–Crippen MR) is 94.0 cm³/mol. The number of methoxy groups -OCH3 is 1. The van der Waals surface area contributed by atoms with Crippen LogP contribution < -0.4 is 9.64 Å². The van der Waals surface area contributed by atoms with Crippen LogP contribution in [0.2, 0.25) is 0 Å². The van der Waals surface area contributed by atoms with Gasteiger partial charge in [0.05, 0.1) is 25.3 Å². The normalized spacial score (nSPS) is 21.1. The number of likely N-dealkylation sites (tertiary alicyclic amines) is 1. The Hall–Kier alpha value is -1.85. The summed E-state index contributed by atoms with van der Waals surface area (Å²) in [4.78, 5) is 17.6. The number of carbonyl (C=O) groups is 1. The number of ketones is 1. The van der Waals surface area contributed by atoms with Gasteiger partial charge in [-0.05, 0) is 44.4 Å². The number of benzene rings is 1. The summed E-state index contributed by atoms with van der Waals surface area (Å²) in [6, 6.07) is 6.19. The third-order valence-electron chi connectivity index (χ3n) is 5.22. The Balaban J connectivity index is 1.86. The number of hydrogen-bond acceptors (Lipinski definition) is 3. The van der Waals surface area contributed by atoms with Gasteiger partial charge in [-0.3, -0.25) is 4.79 Å². The molecule has 3 rings (SSSR count). The molecule has 1 saturated heterocycles. The van der Waals surface area contributed by atoms with Crippen LogP contribution in [0.4, 0.5) is 0 Å². The molecule has 2 atom stereocenters. The SMILES string of the molecule is COc1ccc2[nH]c(C)c(C(=O)C[NH+]3CCCC[C@@H]3CCO)c2c1. The first-order valence-electron chi connectivity index (χ1n) is 8.79. The molecule has 0 amide bonds. The molecule has 1 aliphatic rings. The Morgan fingerprint density at radius 2 is 2.25 bits per heavy atom. The molecule has 130 valence electrons. The molecule has 3 N–H and O–H groups in total. The van der Waals surface area contributed by atoms with E-state index in [1.807, 2.05) is 25.1 Å². The third kappa shape index (κ3) is 3.32. The second-order valence-electron chi connectivity index (χ2n) is 6.75. The second-order valence-corrected chi connectivity index (χ2v) is 6.75. The van der Waals surface area contributed by atoms with Gasteiger partial charge in [-0.15, -0.1) is 0 Å². The predicted octanol–water partition coefficient (Wildman–Crippen LogP) is 1.49. The van der Waals surface area contributed by atoms with Crippen molar-refractivity contribution < 1.29 is 19.5 Å². The molecule has 1 aromatic heterocycles. The molecule has 0 spiro atoms. The van der Waals surface area contributed by atoms with Gasteiger partial charge >= 0.3 is 0 Å². The number of nitrogens with one attached hydrogen (secondary N) is 2. The minimum Gasteiger partial charge on any atom is -0.497 e. The zero-order valence-electron chi connectivity index (χ0n) is 14.5. The lowest BCUT2D eigenvalue weighted by molar-refractivity contribution is -0.923. The standard InChI is InChI=1S/C19H26N2O3/c1-13-19(16-11-15(24-2)6-7-17(16)20-13)18(23)12-21-9-4-3-5-14(21)8-10-22/h6-7,11,14,20,22H,3-5,8-10,12H2,1-2H3/p+1/t14-/m1/s1. The van der Waals surface area contributed by atoms with Crippen molar-refractivity contribution in [3.8, 4) is 5.75 Å². The van der Waals surface area contributed by atoms with Crippen LogP contribution >= 0.6 is 0 Å². The highest BCUT2D eigenvalue weighted by Gasteiger charge is 2.29. The Kier molecular flexibility index (Phi) is 5.21. The average Bonchev–Trinajstić information content (AvgIpc) is 2.91. The van der Waals surface area contributed by atoms with Crippen molar-refractivity contribution in [1.82, 2.24) is 4.98 Å². The van der Waals surface area contributed by atoms with Crippen molar-refractivity contribution in [2.75, 3.05) is 26.8 Å². The fourth-order valence-electron chi connectivity index (χ4n) is 3.97. The van der Waals surface area contributed by atoms with Gasteiger partial charge in [-0.25, -0.2) is 0 Å². The molecule has 0 radical (unpaired) electrons. The van der Waals surface area contributed by atoms with E-state index in [1.54, 1.807) is 7.11 Å². The van der Waals surface area contributed by atoms with E-state index < -0.39 is 0 Å². The van der Waals surface area contributed by atoms with Crippen molar-refractivity contribution >= 4 is 16.7 Å². The lowest BCUT2D eigenvalue weighted by atomic mass is 9.98. The van der Waals surface area contributed by atoms with E-state index in [0.29, 0.717) is 12.6 Å². The number of aliphatic hydroxyl groups excluding tert-OH is 1. The summed E-state index contributed by atoms with van der Waals surface area (Å²) < 4.78 is 5.31. The quantitative estimate of drug-likeness (QED) is 0.703. The highest BCUT2D eigenvalue weighted by molar-refractivity contribution is 6.10. The zero-order valence-corrected chi connectivity index (χ0v) is 14.5. The lowest BCUT2D eigenvalue weighted by Crippen LogP contribution is -3.17. The number of aromatic amines is 1. The summed E-state index contributed by atoms with van der Waals surface area (Å²) in [6.45, 7) is 3.67. The molecular weight excluding hydrogens is 304 g/mol. The van der Waals surface area contributed by atoms with Crippen molar-refractivity contribution in [1.29, 1.82) is 0 Å². The molecular formula is C19H27N2O3+. The van der Waals surface area contributed by atoms with Crippen LogP contribution in [0.15, 0.2) is 18.2 Å². The molecule has 24 heavy (non-hydrogen) atoms. The smallest absolute Gasteiger partial charge is 0.219 e. The Morgan fingerprint density at radius 3 is 3.00 bits per heavy atom. The number of piperidine rings is 1. The molecule has 5 nitrogen and oxygen atoms in total. The van der Waals surface area contributed by atoms with Crippen LogP contribution in [0.3, 0.4) is 0 Å². The van der Waals surface area contributed by atoms with E-state index in [2.05, 4.69) is 4.98 Å². The van der Waals surface area contributed by atoms with Gasteiger partial charge in [0.1, 0.15) is 12.3 Å².